The molecular weight excluding hydrogens is 256 g/mol. The summed E-state index contributed by atoms with van der Waals surface area (Å²) in [6.45, 7) is 4.36. The van der Waals surface area contributed by atoms with Crippen molar-refractivity contribution in [3.05, 3.63) is 21.9 Å². The Morgan fingerprint density at radius 1 is 1.65 bits per heavy atom. The van der Waals surface area contributed by atoms with Crippen molar-refractivity contribution >= 4 is 21.4 Å². The Labute approximate surface area is 106 Å². The third-order valence-electron chi connectivity index (χ3n) is 3.39. The third kappa shape index (κ3) is 2.14. The predicted octanol–water partition coefficient (Wildman–Crippen LogP) is 1.34. The summed E-state index contributed by atoms with van der Waals surface area (Å²) in [5, 5.41) is 1.52. The molecule has 0 aromatic carbocycles. The number of nitrogens with two attached hydrogens (primary N) is 1. The van der Waals surface area contributed by atoms with Gasteiger partial charge in [-0.05, 0) is 37.3 Å². The van der Waals surface area contributed by atoms with Gasteiger partial charge in [-0.2, -0.15) is 4.31 Å². The third-order valence-corrected chi connectivity index (χ3v) is 6.75. The first-order valence-corrected chi connectivity index (χ1v) is 8.13. The molecule has 17 heavy (non-hydrogen) atoms. The lowest BCUT2D eigenvalue weighted by atomic mass is 10.0. The second kappa shape index (κ2) is 4.68. The van der Waals surface area contributed by atoms with Gasteiger partial charge < -0.3 is 5.73 Å². The summed E-state index contributed by atoms with van der Waals surface area (Å²) >= 11 is 1.71. The summed E-state index contributed by atoms with van der Waals surface area (Å²) in [6, 6.07) is 1.96. The maximum atomic E-state index is 12.3. The summed E-state index contributed by atoms with van der Waals surface area (Å²) in [5.41, 5.74) is 6.63. The Balaban J connectivity index is 2.32. The lowest BCUT2D eigenvalue weighted by Gasteiger charge is -2.34. The summed E-state index contributed by atoms with van der Waals surface area (Å²) in [6.07, 6.45) is 0.813. The second-order valence-electron chi connectivity index (χ2n) is 4.43. The largest absolute Gasteiger partial charge is 0.329 e. The van der Waals surface area contributed by atoms with Gasteiger partial charge in [-0.25, -0.2) is 8.42 Å². The average molecular weight is 274 g/mol. The van der Waals surface area contributed by atoms with Crippen molar-refractivity contribution in [3.8, 4) is 0 Å². The smallest absolute Gasteiger partial charge is 0.218 e. The lowest BCUT2D eigenvalue weighted by Crippen LogP contribution is -2.44. The highest BCUT2D eigenvalue weighted by molar-refractivity contribution is 7.89. The van der Waals surface area contributed by atoms with Gasteiger partial charge in [0.2, 0.25) is 10.0 Å². The summed E-state index contributed by atoms with van der Waals surface area (Å²) in [4.78, 5) is 1.31. The Hall–Kier alpha value is -0.430. The van der Waals surface area contributed by atoms with Gasteiger partial charge in [0.1, 0.15) is 0 Å². The van der Waals surface area contributed by atoms with Crippen LogP contribution in [0.5, 0.6) is 0 Å². The SMILES string of the molecule is CC1c2ccsc2CCN1S(=O)(=O)C(C)CN. The number of sulfonamides is 1. The Bertz CT molecular complexity index is 495. The molecule has 2 rings (SSSR count). The maximum Gasteiger partial charge on any atom is 0.218 e. The number of fused-ring (bicyclic) bond motifs is 1. The number of thiophene rings is 1. The summed E-state index contributed by atoms with van der Waals surface area (Å²) in [7, 11) is -3.27. The molecule has 1 aliphatic rings. The van der Waals surface area contributed by atoms with Gasteiger partial charge in [-0.3, -0.25) is 0 Å². The zero-order valence-electron chi connectivity index (χ0n) is 10.1. The van der Waals surface area contributed by atoms with E-state index in [0.717, 1.165) is 12.0 Å². The summed E-state index contributed by atoms with van der Waals surface area (Å²) in [5.74, 6) is 0. The minimum absolute atomic E-state index is 0.0657. The zero-order valence-corrected chi connectivity index (χ0v) is 11.7. The number of hydrogen-bond donors (Lipinski definition) is 1. The first-order valence-electron chi connectivity index (χ1n) is 5.75. The first-order chi connectivity index (χ1) is 7.98. The van der Waals surface area contributed by atoms with Crippen molar-refractivity contribution in [1.29, 1.82) is 0 Å². The van der Waals surface area contributed by atoms with Crippen molar-refractivity contribution in [2.45, 2.75) is 31.6 Å². The predicted molar refractivity (Wildman–Crippen MR) is 70.6 cm³/mol. The highest BCUT2D eigenvalue weighted by Gasteiger charge is 2.35. The zero-order chi connectivity index (χ0) is 12.6. The van der Waals surface area contributed by atoms with Crippen LogP contribution in [0.2, 0.25) is 0 Å². The van der Waals surface area contributed by atoms with Gasteiger partial charge in [0.15, 0.2) is 0 Å². The minimum atomic E-state index is -3.27. The van der Waals surface area contributed by atoms with Crippen LogP contribution < -0.4 is 5.73 Å². The van der Waals surface area contributed by atoms with Crippen molar-refractivity contribution in [3.63, 3.8) is 0 Å². The molecule has 0 amide bonds. The van der Waals surface area contributed by atoms with Crippen LogP contribution in [-0.2, 0) is 16.4 Å². The fourth-order valence-corrected chi connectivity index (χ4v) is 4.76. The van der Waals surface area contributed by atoms with E-state index in [1.54, 1.807) is 22.6 Å². The quantitative estimate of drug-likeness (QED) is 0.905. The molecule has 2 unspecified atom stereocenters. The molecule has 6 heteroatoms. The van der Waals surface area contributed by atoms with Crippen molar-refractivity contribution in [1.82, 2.24) is 4.31 Å². The Morgan fingerprint density at radius 3 is 3.00 bits per heavy atom. The monoisotopic (exact) mass is 274 g/mol. The lowest BCUT2D eigenvalue weighted by molar-refractivity contribution is 0.325. The van der Waals surface area contributed by atoms with Crippen LogP contribution in [0.1, 0.15) is 30.3 Å². The molecule has 1 aromatic heterocycles. The van der Waals surface area contributed by atoms with Crippen LogP contribution in [0.15, 0.2) is 11.4 Å². The van der Waals surface area contributed by atoms with E-state index in [1.165, 1.54) is 4.88 Å². The molecule has 2 atom stereocenters. The molecule has 0 aliphatic carbocycles. The normalized spacial score (nSPS) is 23.4. The topological polar surface area (TPSA) is 63.4 Å². The van der Waals surface area contributed by atoms with Crippen molar-refractivity contribution in [2.24, 2.45) is 5.73 Å². The molecule has 0 saturated heterocycles. The van der Waals surface area contributed by atoms with Gasteiger partial charge >= 0.3 is 0 Å². The maximum absolute atomic E-state index is 12.3. The molecule has 0 radical (unpaired) electrons. The molecular formula is C11H18N2O2S2. The fraction of sp³-hybridized carbons (Fsp3) is 0.636. The molecule has 4 nitrogen and oxygen atoms in total. The first kappa shape index (κ1) is 13.0. The van der Waals surface area contributed by atoms with E-state index in [2.05, 4.69) is 0 Å². The van der Waals surface area contributed by atoms with Gasteiger partial charge in [0.25, 0.3) is 0 Å². The van der Waals surface area contributed by atoms with Gasteiger partial charge in [0.05, 0.1) is 5.25 Å². The van der Waals surface area contributed by atoms with E-state index in [4.69, 9.17) is 5.73 Å². The molecule has 2 heterocycles. The second-order valence-corrected chi connectivity index (χ2v) is 7.73. The van der Waals surface area contributed by atoms with Crippen LogP contribution in [0.4, 0.5) is 0 Å². The van der Waals surface area contributed by atoms with E-state index in [9.17, 15) is 8.42 Å². The fourth-order valence-electron chi connectivity index (χ4n) is 2.19. The van der Waals surface area contributed by atoms with E-state index >= 15 is 0 Å². The van der Waals surface area contributed by atoms with Gasteiger partial charge in [0, 0.05) is 24.0 Å². The molecule has 0 saturated carbocycles. The molecule has 0 spiro atoms. The average Bonchev–Trinajstić information content (AvgIpc) is 2.77. The van der Waals surface area contributed by atoms with Crippen LogP contribution in [-0.4, -0.2) is 31.1 Å². The minimum Gasteiger partial charge on any atom is -0.329 e. The number of nitrogens with zero attached hydrogens (tertiary/aromatic N) is 1. The molecule has 96 valence electrons. The van der Waals surface area contributed by atoms with Crippen LogP contribution in [0.25, 0.3) is 0 Å². The van der Waals surface area contributed by atoms with E-state index < -0.39 is 15.3 Å². The highest BCUT2D eigenvalue weighted by Crippen LogP contribution is 2.35. The molecule has 0 fully saturated rings. The number of hydrogen-bond acceptors (Lipinski definition) is 4. The number of rotatable bonds is 3. The molecule has 2 N–H and O–H groups in total. The van der Waals surface area contributed by atoms with Crippen molar-refractivity contribution < 1.29 is 8.42 Å². The Kier molecular flexibility index (Phi) is 3.58. The molecule has 0 bridgehead atoms. The Morgan fingerprint density at radius 2 is 2.35 bits per heavy atom. The summed E-state index contributed by atoms with van der Waals surface area (Å²) < 4.78 is 26.2. The molecule has 1 aliphatic heterocycles. The van der Waals surface area contributed by atoms with Gasteiger partial charge in [-0.15, -0.1) is 11.3 Å². The van der Waals surface area contributed by atoms with Gasteiger partial charge in [-0.1, -0.05) is 0 Å². The highest BCUT2D eigenvalue weighted by atomic mass is 32.2. The van der Waals surface area contributed by atoms with Crippen LogP contribution in [0.3, 0.4) is 0 Å². The van der Waals surface area contributed by atoms with E-state index in [-0.39, 0.29) is 12.6 Å². The van der Waals surface area contributed by atoms with Crippen molar-refractivity contribution in [2.75, 3.05) is 13.1 Å². The van der Waals surface area contributed by atoms with E-state index in [0.29, 0.717) is 6.54 Å². The van der Waals surface area contributed by atoms with E-state index in [1.807, 2.05) is 18.4 Å². The molecule has 1 aromatic rings. The standard InChI is InChI=1S/C11H18N2O2S2/c1-8(7-12)17(14,15)13-5-3-11-10(9(13)2)4-6-16-11/h4,6,8-9H,3,5,7,12H2,1-2H3. The van der Waals surface area contributed by atoms with Crippen LogP contribution >= 0.6 is 11.3 Å². The van der Waals surface area contributed by atoms with Crippen LogP contribution in [0, 0.1) is 0 Å².